The van der Waals surface area contributed by atoms with Crippen molar-refractivity contribution in [3.8, 4) is 17.2 Å². The lowest BCUT2D eigenvalue weighted by Crippen LogP contribution is -2.05. The van der Waals surface area contributed by atoms with Crippen molar-refractivity contribution in [3.63, 3.8) is 0 Å². The van der Waals surface area contributed by atoms with Crippen LogP contribution in [-0.2, 0) is 24.4 Å². The van der Waals surface area contributed by atoms with Gasteiger partial charge in [-0.05, 0) is 59.2 Å². The van der Waals surface area contributed by atoms with Crippen molar-refractivity contribution < 1.29 is 28.5 Å². The highest BCUT2D eigenvalue weighted by Gasteiger charge is 2.13. The Morgan fingerprint density at radius 1 is 0.750 bits per heavy atom. The third kappa shape index (κ3) is 7.20. The first kappa shape index (κ1) is 26.8. The highest BCUT2D eigenvalue weighted by molar-refractivity contribution is 5.88. The summed E-state index contributed by atoms with van der Waals surface area (Å²) in [6, 6.07) is 29.5. The molecule has 0 amide bonds. The monoisotopic (exact) mass is 539 g/mol. The number of carboxylic acids is 1. The highest BCUT2D eigenvalue weighted by Crippen LogP contribution is 2.28. The van der Waals surface area contributed by atoms with Crippen LogP contribution < -0.4 is 14.2 Å². The third-order valence-corrected chi connectivity index (χ3v) is 6.42. The lowest BCUT2D eigenvalue weighted by atomic mass is 10.1. The summed E-state index contributed by atoms with van der Waals surface area (Å²) in [7, 11) is 0. The standard InChI is InChI=1S/C33H30FNO5/c34-27-12-10-25(11-13-27)23-40-29-9-4-8-28(19-29)38-16-5-17-39-30-14-15-32-31(20-30)26(18-33(36)37)22-35(32)21-24-6-2-1-3-7-24/h1-4,6-15,19-20,22H,5,16-18,21,23H2,(H,36,37). The Labute approximate surface area is 232 Å². The Hall–Kier alpha value is -4.78. The summed E-state index contributed by atoms with van der Waals surface area (Å²) in [6.45, 7) is 1.91. The molecule has 0 saturated carbocycles. The summed E-state index contributed by atoms with van der Waals surface area (Å²) >= 11 is 0. The quantitative estimate of drug-likeness (QED) is 0.165. The number of hydrogen-bond acceptors (Lipinski definition) is 4. The van der Waals surface area contributed by atoms with E-state index in [4.69, 9.17) is 14.2 Å². The van der Waals surface area contributed by atoms with E-state index in [0.717, 1.165) is 27.6 Å². The normalized spacial score (nSPS) is 10.9. The molecule has 1 aromatic heterocycles. The molecule has 0 aliphatic rings. The Morgan fingerprint density at radius 2 is 1.45 bits per heavy atom. The number of fused-ring (bicyclic) bond motifs is 1. The average molecular weight is 540 g/mol. The van der Waals surface area contributed by atoms with E-state index in [2.05, 4.69) is 16.7 Å². The van der Waals surface area contributed by atoms with Crippen molar-refractivity contribution in [2.24, 2.45) is 0 Å². The number of carbonyl (C=O) groups is 1. The summed E-state index contributed by atoms with van der Waals surface area (Å²) in [4.78, 5) is 11.5. The van der Waals surface area contributed by atoms with Gasteiger partial charge in [-0.3, -0.25) is 4.79 Å². The van der Waals surface area contributed by atoms with E-state index in [1.807, 2.05) is 66.9 Å². The molecule has 0 radical (unpaired) electrons. The largest absolute Gasteiger partial charge is 0.493 e. The first-order chi connectivity index (χ1) is 19.5. The van der Waals surface area contributed by atoms with Crippen LogP contribution in [0.15, 0.2) is 103 Å². The van der Waals surface area contributed by atoms with Crippen LogP contribution in [-0.4, -0.2) is 28.9 Å². The van der Waals surface area contributed by atoms with Gasteiger partial charge in [-0.15, -0.1) is 0 Å². The van der Waals surface area contributed by atoms with Crippen molar-refractivity contribution >= 4 is 16.9 Å². The van der Waals surface area contributed by atoms with Gasteiger partial charge >= 0.3 is 5.97 Å². The molecule has 204 valence electrons. The van der Waals surface area contributed by atoms with Crippen LogP contribution in [0, 0.1) is 5.82 Å². The predicted molar refractivity (Wildman–Crippen MR) is 152 cm³/mol. The SMILES string of the molecule is O=C(O)Cc1cn(Cc2ccccc2)c2ccc(OCCCOc3cccc(OCc4ccc(F)cc4)c3)cc12. The van der Waals surface area contributed by atoms with E-state index in [1.165, 1.54) is 12.1 Å². The van der Waals surface area contributed by atoms with Crippen molar-refractivity contribution in [1.82, 2.24) is 4.57 Å². The molecule has 0 aliphatic heterocycles. The van der Waals surface area contributed by atoms with E-state index >= 15 is 0 Å². The lowest BCUT2D eigenvalue weighted by molar-refractivity contribution is -0.136. The third-order valence-electron chi connectivity index (χ3n) is 6.42. The smallest absolute Gasteiger partial charge is 0.307 e. The van der Waals surface area contributed by atoms with Gasteiger partial charge in [-0.25, -0.2) is 4.39 Å². The molecule has 5 rings (SSSR count). The number of rotatable bonds is 13. The van der Waals surface area contributed by atoms with Crippen LogP contribution in [0.2, 0.25) is 0 Å². The van der Waals surface area contributed by atoms with Crippen LogP contribution in [0.5, 0.6) is 17.2 Å². The number of hydrogen-bond donors (Lipinski definition) is 1. The number of carboxylic acid groups (broad SMARTS) is 1. The second kappa shape index (κ2) is 12.8. The molecule has 7 heteroatoms. The number of benzene rings is 4. The average Bonchev–Trinajstić information content (AvgIpc) is 3.28. The zero-order chi connectivity index (χ0) is 27.7. The maximum atomic E-state index is 13.1. The summed E-state index contributed by atoms with van der Waals surface area (Å²) in [5.74, 6) is 0.906. The Bertz CT molecular complexity index is 1560. The molecule has 0 spiro atoms. The molecule has 1 heterocycles. The van der Waals surface area contributed by atoms with Gasteiger partial charge in [0.25, 0.3) is 0 Å². The second-order valence-electron chi connectivity index (χ2n) is 9.46. The topological polar surface area (TPSA) is 69.9 Å². The van der Waals surface area contributed by atoms with Gasteiger partial charge in [0, 0.05) is 36.1 Å². The van der Waals surface area contributed by atoms with Crippen LogP contribution in [0.25, 0.3) is 10.9 Å². The van der Waals surface area contributed by atoms with Crippen molar-refractivity contribution in [3.05, 3.63) is 126 Å². The number of aromatic nitrogens is 1. The van der Waals surface area contributed by atoms with E-state index < -0.39 is 5.97 Å². The van der Waals surface area contributed by atoms with Gasteiger partial charge in [0.15, 0.2) is 0 Å². The molecule has 6 nitrogen and oxygen atoms in total. The fraction of sp³-hybridized carbons (Fsp3) is 0.182. The van der Waals surface area contributed by atoms with Gasteiger partial charge < -0.3 is 23.9 Å². The van der Waals surface area contributed by atoms with Gasteiger partial charge in [0.2, 0.25) is 0 Å². The summed E-state index contributed by atoms with van der Waals surface area (Å²) in [5, 5.41) is 10.3. The molecule has 0 unspecified atom stereocenters. The predicted octanol–water partition coefficient (Wildman–Crippen LogP) is 6.88. The Morgan fingerprint density at radius 3 is 2.17 bits per heavy atom. The maximum absolute atomic E-state index is 13.1. The fourth-order valence-corrected chi connectivity index (χ4v) is 4.49. The molecule has 5 aromatic rings. The summed E-state index contributed by atoms with van der Waals surface area (Å²) < 4.78 is 32.8. The van der Waals surface area contributed by atoms with Gasteiger partial charge in [0.1, 0.15) is 29.7 Å². The van der Waals surface area contributed by atoms with Crippen LogP contribution in [0.1, 0.15) is 23.1 Å². The number of ether oxygens (including phenoxy) is 3. The van der Waals surface area contributed by atoms with Crippen molar-refractivity contribution in [2.45, 2.75) is 26.0 Å². The van der Waals surface area contributed by atoms with Gasteiger partial charge in [-0.1, -0.05) is 48.5 Å². The second-order valence-corrected chi connectivity index (χ2v) is 9.46. The fourth-order valence-electron chi connectivity index (χ4n) is 4.49. The molecule has 4 aromatic carbocycles. The van der Waals surface area contributed by atoms with E-state index in [0.29, 0.717) is 50.0 Å². The van der Waals surface area contributed by atoms with Gasteiger partial charge in [0.05, 0.1) is 19.6 Å². The molecule has 0 aliphatic carbocycles. The number of halogens is 1. The molecular weight excluding hydrogens is 509 g/mol. The Kier molecular flexibility index (Phi) is 8.61. The number of aliphatic carboxylic acids is 1. The zero-order valence-corrected chi connectivity index (χ0v) is 22.0. The van der Waals surface area contributed by atoms with Crippen LogP contribution >= 0.6 is 0 Å². The van der Waals surface area contributed by atoms with Crippen LogP contribution in [0.3, 0.4) is 0 Å². The molecule has 0 bridgehead atoms. The minimum Gasteiger partial charge on any atom is -0.493 e. The summed E-state index contributed by atoms with van der Waals surface area (Å²) in [5.41, 5.74) is 3.75. The summed E-state index contributed by atoms with van der Waals surface area (Å²) in [6.07, 6.45) is 2.53. The lowest BCUT2D eigenvalue weighted by Gasteiger charge is -2.11. The number of nitrogens with zero attached hydrogens (tertiary/aromatic N) is 1. The first-order valence-electron chi connectivity index (χ1n) is 13.1. The molecule has 40 heavy (non-hydrogen) atoms. The van der Waals surface area contributed by atoms with Crippen molar-refractivity contribution in [1.29, 1.82) is 0 Å². The molecule has 0 fully saturated rings. The minimum atomic E-state index is -0.868. The molecule has 1 N–H and O–H groups in total. The zero-order valence-electron chi connectivity index (χ0n) is 22.0. The van der Waals surface area contributed by atoms with Crippen molar-refractivity contribution in [2.75, 3.05) is 13.2 Å². The van der Waals surface area contributed by atoms with E-state index in [-0.39, 0.29) is 12.2 Å². The van der Waals surface area contributed by atoms with E-state index in [1.54, 1.807) is 12.1 Å². The maximum Gasteiger partial charge on any atom is 0.307 e. The van der Waals surface area contributed by atoms with Gasteiger partial charge in [-0.2, -0.15) is 0 Å². The first-order valence-corrected chi connectivity index (χ1v) is 13.1. The molecular formula is C33H30FNO5. The minimum absolute atomic E-state index is 0.0533. The molecule has 0 saturated heterocycles. The Balaban J connectivity index is 1.14. The van der Waals surface area contributed by atoms with Crippen LogP contribution in [0.4, 0.5) is 4.39 Å². The molecule has 0 atom stereocenters. The highest BCUT2D eigenvalue weighted by atomic mass is 19.1. The van der Waals surface area contributed by atoms with E-state index in [9.17, 15) is 14.3 Å².